The van der Waals surface area contributed by atoms with Gasteiger partial charge in [-0.2, -0.15) is 0 Å². The summed E-state index contributed by atoms with van der Waals surface area (Å²) in [6.45, 7) is 3.21. The second kappa shape index (κ2) is 9.37. The lowest BCUT2D eigenvalue weighted by molar-refractivity contribution is -0.128. The van der Waals surface area contributed by atoms with Gasteiger partial charge in [0.2, 0.25) is 5.91 Å². The van der Waals surface area contributed by atoms with Crippen LogP contribution in [0.25, 0.3) is 0 Å². The zero-order chi connectivity index (χ0) is 19.1. The molecule has 0 aliphatic carbocycles. The van der Waals surface area contributed by atoms with Crippen LogP contribution in [0.1, 0.15) is 17.0 Å². The zero-order valence-electron chi connectivity index (χ0n) is 15.7. The van der Waals surface area contributed by atoms with Gasteiger partial charge in [0, 0.05) is 20.1 Å². The summed E-state index contributed by atoms with van der Waals surface area (Å²) < 4.78 is 1.91. The Morgan fingerprint density at radius 2 is 1.63 bits per heavy atom. The largest absolute Gasteiger partial charge is 0.337 e. The summed E-state index contributed by atoms with van der Waals surface area (Å²) in [7, 11) is 1.92. The average molecular weight is 381 g/mol. The van der Waals surface area contributed by atoms with Crippen molar-refractivity contribution >= 4 is 17.7 Å². The van der Waals surface area contributed by atoms with Crippen LogP contribution in [0.5, 0.6) is 0 Å². The molecule has 0 fully saturated rings. The molecule has 1 amide bonds. The molecule has 3 aromatic rings. The highest BCUT2D eigenvalue weighted by Crippen LogP contribution is 2.17. The number of carbonyl (C=O) groups is 1. The zero-order valence-corrected chi connectivity index (χ0v) is 16.5. The number of rotatable bonds is 8. The van der Waals surface area contributed by atoms with E-state index in [4.69, 9.17) is 0 Å². The van der Waals surface area contributed by atoms with Gasteiger partial charge in [0.25, 0.3) is 0 Å². The Morgan fingerprint density at radius 3 is 2.22 bits per heavy atom. The first-order valence-corrected chi connectivity index (χ1v) is 9.96. The van der Waals surface area contributed by atoms with Crippen molar-refractivity contribution in [1.29, 1.82) is 0 Å². The molecule has 0 aliphatic heterocycles. The summed E-state index contributed by atoms with van der Waals surface area (Å²) in [5, 5.41) is 8.95. The van der Waals surface area contributed by atoms with Crippen LogP contribution in [0, 0.1) is 6.92 Å². The summed E-state index contributed by atoms with van der Waals surface area (Å²) in [5.41, 5.74) is 2.37. The minimum Gasteiger partial charge on any atom is -0.337 e. The normalized spacial score (nSPS) is 10.7. The third-order valence-electron chi connectivity index (χ3n) is 4.46. The molecule has 0 aliphatic rings. The molecule has 1 heterocycles. The summed E-state index contributed by atoms with van der Waals surface area (Å²) in [6.07, 6.45) is 0.840. The van der Waals surface area contributed by atoms with E-state index in [1.165, 1.54) is 17.3 Å². The summed E-state index contributed by atoms with van der Waals surface area (Å²) in [5.74, 6) is 1.31. The molecule has 0 N–H and O–H groups in total. The highest BCUT2D eigenvalue weighted by Gasteiger charge is 2.16. The van der Waals surface area contributed by atoms with Gasteiger partial charge >= 0.3 is 0 Å². The Hall–Kier alpha value is -2.60. The quantitative estimate of drug-likeness (QED) is 0.562. The molecule has 2 aromatic carbocycles. The van der Waals surface area contributed by atoms with Gasteiger partial charge < -0.3 is 9.47 Å². The lowest BCUT2D eigenvalue weighted by Gasteiger charge is -2.23. The van der Waals surface area contributed by atoms with E-state index < -0.39 is 0 Å². The molecule has 3 rings (SSSR count). The van der Waals surface area contributed by atoms with Crippen LogP contribution in [0.2, 0.25) is 0 Å². The molecular weight excluding hydrogens is 356 g/mol. The van der Waals surface area contributed by atoms with Gasteiger partial charge in [-0.3, -0.25) is 4.79 Å². The van der Waals surface area contributed by atoms with E-state index in [1.807, 2.05) is 59.8 Å². The maximum atomic E-state index is 12.9. The number of aryl methyl sites for hydroxylation is 1. The molecule has 6 heteroatoms. The molecule has 0 saturated carbocycles. The Morgan fingerprint density at radius 1 is 1.00 bits per heavy atom. The van der Waals surface area contributed by atoms with Crippen molar-refractivity contribution in [2.75, 3.05) is 12.3 Å². The fourth-order valence-electron chi connectivity index (χ4n) is 2.74. The molecule has 0 atom stereocenters. The number of thioether (sulfide) groups is 1. The van der Waals surface area contributed by atoms with Gasteiger partial charge in [-0.15, -0.1) is 10.2 Å². The number of hydrogen-bond donors (Lipinski definition) is 0. The molecule has 0 spiro atoms. The summed E-state index contributed by atoms with van der Waals surface area (Å²) >= 11 is 1.43. The molecule has 0 radical (unpaired) electrons. The Balaban J connectivity index is 1.65. The molecular formula is C21H24N4OS. The highest BCUT2D eigenvalue weighted by molar-refractivity contribution is 7.99. The topological polar surface area (TPSA) is 51.0 Å². The molecule has 0 saturated heterocycles. The van der Waals surface area contributed by atoms with Crippen molar-refractivity contribution in [1.82, 2.24) is 19.7 Å². The predicted octanol–water partition coefficient (Wildman–Crippen LogP) is 3.49. The number of hydrogen-bond acceptors (Lipinski definition) is 4. The highest BCUT2D eigenvalue weighted by atomic mass is 32.2. The minimum absolute atomic E-state index is 0.112. The lowest BCUT2D eigenvalue weighted by atomic mass is 10.1. The first kappa shape index (κ1) is 19.2. The van der Waals surface area contributed by atoms with Gasteiger partial charge in [-0.05, 0) is 24.5 Å². The molecule has 27 heavy (non-hydrogen) atoms. The summed E-state index contributed by atoms with van der Waals surface area (Å²) in [6, 6.07) is 20.4. The van der Waals surface area contributed by atoms with E-state index in [0.717, 1.165) is 23.0 Å². The van der Waals surface area contributed by atoms with E-state index in [1.54, 1.807) is 0 Å². The molecule has 0 bridgehead atoms. The number of aromatic nitrogens is 3. The number of carbonyl (C=O) groups excluding carboxylic acids is 1. The van der Waals surface area contributed by atoms with Crippen LogP contribution in [0.3, 0.4) is 0 Å². The molecule has 0 unspecified atom stereocenters. The van der Waals surface area contributed by atoms with Gasteiger partial charge in [0.1, 0.15) is 5.82 Å². The van der Waals surface area contributed by atoms with Crippen molar-refractivity contribution in [3.63, 3.8) is 0 Å². The van der Waals surface area contributed by atoms with E-state index in [0.29, 0.717) is 18.8 Å². The lowest BCUT2D eigenvalue weighted by Crippen LogP contribution is -2.34. The van der Waals surface area contributed by atoms with E-state index >= 15 is 0 Å². The number of benzene rings is 2. The minimum atomic E-state index is 0.112. The standard InChI is InChI=1S/C21H24N4OS/c1-17-22-23-21(24(17)2)27-16-20(26)25(15-19-11-7-4-8-12-19)14-13-18-9-5-3-6-10-18/h3-12H,13-16H2,1-2H3. The van der Waals surface area contributed by atoms with Crippen LogP contribution >= 0.6 is 11.8 Å². The second-order valence-electron chi connectivity index (χ2n) is 6.41. The third-order valence-corrected chi connectivity index (χ3v) is 5.46. The van der Waals surface area contributed by atoms with Gasteiger partial charge in [-0.25, -0.2) is 0 Å². The SMILES string of the molecule is Cc1nnc(SCC(=O)N(CCc2ccccc2)Cc2ccccc2)n1C. The summed E-state index contributed by atoms with van der Waals surface area (Å²) in [4.78, 5) is 14.8. The van der Waals surface area contributed by atoms with Crippen molar-refractivity contribution in [3.8, 4) is 0 Å². The molecule has 140 valence electrons. The van der Waals surface area contributed by atoms with Gasteiger partial charge in [-0.1, -0.05) is 72.4 Å². The van der Waals surface area contributed by atoms with Crippen molar-refractivity contribution in [2.45, 2.75) is 25.0 Å². The monoisotopic (exact) mass is 380 g/mol. The third kappa shape index (κ3) is 5.44. The second-order valence-corrected chi connectivity index (χ2v) is 7.36. The first-order valence-electron chi connectivity index (χ1n) is 8.98. The van der Waals surface area contributed by atoms with E-state index in [-0.39, 0.29) is 5.91 Å². The number of nitrogens with zero attached hydrogens (tertiary/aromatic N) is 4. The smallest absolute Gasteiger partial charge is 0.233 e. The van der Waals surface area contributed by atoms with Crippen molar-refractivity contribution in [2.24, 2.45) is 7.05 Å². The molecule has 5 nitrogen and oxygen atoms in total. The van der Waals surface area contributed by atoms with Crippen LogP contribution < -0.4 is 0 Å². The van der Waals surface area contributed by atoms with Crippen molar-refractivity contribution < 1.29 is 4.79 Å². The van der Waals surface area contributed by atoms with Crippen LogP contribution in [-0.2, 0) is 24.8 Å². The fourth-order valence-corrected chi connectivity index (χ4v) is 3.59. The number of amides is 1. The predicted molar refractivity (Wildman–Crippen MR) is 108 cm³/mol. The van der Waals surface area contributed by atoms with E-state index in [9.17, 15) is 4.79 Å². The first-order chi connectivity index (χ1) is 13.1. The molecule has 1 aromatic heterocycles. The van der Waals surface area contributed by atoms with E-state index in [2.05, 4.69) is 34.5 Å². The van der Waals surface area contributed by atoms with Crippen LogP contribution in [0.15, 0.2) is 65.8 Å². The Kier molecular flexibility index (Phi) is 6.65. The van der Waals surface area contributed by atoms with Crippen LogP contribution in [0.4, 0.5) is 0 Å². The fraction of sp³-hybridized carbons (Fsp3) is 0.286. The maximum absolute atomic E-state index is 12.9. The van der Waals surface area contributed by atoms with Crippen molar-refractivity contribution in [3.05, 3.63) is 77.6 Å². The van der Waals surface area contributed by atoms with Gasteiger partial charge in [0.05, 0.1) is 5.75 Å². The van der Waals surface area contributed by atoms with Crippen LogP contribution in [-0.4, -0.2) is 37.9 Å². The maximum Gasteiger partial charge on any atom is 0.233 e. The average Bonchev–Trinajstić information content (AvgIpc) is 3.03. The van der Waals surface area contributed by atoms with Gasteiger partial charge in [0.15, 0.2) is 5.16 Å². The Bertz CT molecular complexity index is 864. The Labute approximate surface area is 164 Å².